The van der Waals surface area contributed by atoms with Crippen molar-refractivity contribution in [1.82, 2.24) is 20.2 Å². The summed E-state index contributed by atoms with van der Waals surface area (Å²) in [4.78, 5) is 23.4. The predicted octanol–water partition coefficient (Wildman–Crippen LogP) is 0.243. The second kappa shape index (κ2) is 6.41. The van der Waals surface area contributed by atoms with Crippen LogP contribution in [0.1, 0.15) is 6.92 Å². The lowest BCUT2D eigenvalue weighted by molar-refractivity contribution is -0.153. The maximum Gasteiger partial charge on any atom is 0.328 e. The third-order valence-electron chi connectivity index (χ3n) is 2.40. The number of para-hydroxylation sites is 1. The van der Waals surface area contributed by atoms with Crippen LogP contribution >= 0.6 is 0 Å². The summed E-state index contributed by atoms with van der Waals surface area (Å²) in [5.74, 6) is -0.991. The van der Waals surface area contributed by atoms with E-state index >= 15 is 0 Å². The van der Waals surface area contributed by atoms with E-state index in [2.05, 4.69) is 20.8 Å². The van der Waals surface area contributed by atoms with Gasteiger partial charge < -0.3 is 10.1 Å². The van der Waals surface area contributed by atoms with Crippen LogP contribution in [-0.2, 0) is 20.9 Å². The molecule has 104 valence electrons. The van der Waals surface area contributed by atoms with Crippen molar-refractivity contribution in [3.63, 3.8) is 0 Å². The van der Waals surface area contributed by atoms with Crippen LogP contribution in [0.5, 0.6) is 0 Å². The van der Waals surface area contributed by atoms with Gasteiger partial charge in [-0.15, -0.1) is 5.10 Å². The molecular weight excluding hydrogens is 262 g/mol. The van der Waals surface area contributed by atoms with E-state index in [9.17, 15) is 9.59 Å². The van der Waals surface area contributed by atoms with E-state index in [4.69, 9.17) is 4.74 Å². The monoisotopic (exact) mass is 275 g/mol. The SMILES string of the molecule is C[C@H](OC(=O)Cn1cnnn1)C(=O)Nc1ccccc1. The molecule has 1 aromatic heterocycles. The van der Waals surface area contributed by atoms with Gasteiger partial charge in [0.15, 0.2) is 6.10 Å². The predicted molar refractivity (Wildman–Crippen MR) is 68.4 cm³/mol. The number of nitrogens with one attached hydrogen (secondary N) is 1. The molecule has 1 N–H and O–H groups in total. The average Bonchev–Trinajstić information content (AvgIpc) is 2.92. The number of hydrogen-bond donors (Lipinski definition) is 1. The fourth-order valence-corrected chi connectivity index (χ4v) is 1.44. The second-order valence-electron chi connectivity index (χ2n) is 3.99. The van der Waals surface area contributed by atoms with Crippen molar-refractivity contribution in [2.24, 2.45) is 0 Å². The van der Waals surface area contributed by atoms with E-state index in [1.54, 1.807) is 24.3 Å². The molecular formula is C12H13N5O3. The standard InChI is InChI=1S/C12H13N5O3/c1-9(12(19)14-10-5-3-2-4-6-10)20-11(18)7-17-8-13-15-16-17/h2-6,8-9H,7H2,1H3,(H,14,19)/t9-/m0/s1. The largest absolute Gasteiger partial charge is 0.451 e. The third-order valence-corrected chi connectivity index (χ3v) is 2.40. The summed E-state index contributed by atoms with van der Waals surface area (Å²) >= 11 is 0. The Bertz CT molecular complexity index is 570. The Balaban J connectivity index is 1.83. The summed E-state index contributed by atoms with van der Waals surface area (Å²) in [7, 11) is 0. The highest BCUT2D eigenvalue weighted by atomic mass is 16.5. The molecule has 0 aliphatic carbocycles. The molecule has 0 saturated heterocycles. The molecule has 2 aromatic rings. The van der Waals surface area contributed by atoms with Gasteiger partial charge in [-0.2, -0.15) is 0 Å². The maximum atomic E-state index is 11.8. The fraction of sp³-hybridized carbons (Fsp3) is 0.250. The van der Waals surface area contributed by atoms with Crippen LogP contribution in [-0.4, -0.2) is 38.2 Å². The van der Waals surface area contributed by atoms with Crippen LogP contribution in [0.15, 0.2) is 36.7 Å². The molecule has 8 heteroatoms. The lowest BCUT2D eigenvalue weighted by Gasteiger charge is -2.13. The number of tetrazole rings is 1. The Labute approximate surface area is 114 Å². The van der Waals surface area contributed by atoms with Crippen LogP contribution in [0.4, 0.5) is 5.69 Å². The van der Waals surface area contributed by atoms with Gasteiger partial charge >= 0.3 is 5.97 Å². The number of nitrogens with zero attached hydrogens (tertiary/aromatic N) is 4. The summed E-state index contributed by atoms with van der Waals surface area (Å²) in [6, 6.07) is 8.92. The summed E-state index contributed by atoms with van der Waals surface area (Å²) in [6.07, 6.45) is 0.384. The Morgan fingerprint density at radius 2 is 2.10 bits per heavy atom. The van der Waals surface area contributed by atoms with E-state index < -0.39 is 18.0 Å². The first-order valence-corrected chi connectivity index (χ1v) is 5.91. The molecule has 1 aromatic carbocycles. The van der Waals surface area contributed by atoms with Crippen LogP contribution in [0, 0.1) is 0 Å². The molecule has 2 rings (SSSR count). The number of esters is 1. The van der Waals surface area contributed by atoms with Crippen molar-refractivity contribution >= 4 is 17.6 Å². The minimum atomic E-state index is -0.904. The minimum absolute atomic E-state index is 0.143. The van der Waals surface area contributed by atoms with E-state index in [0.29, 0.717) is 5.69 Å². The van der Waals surface area contributed by atoms with Gasteiger partial charge in [-0.25, -0.2) is 4.68 Å². The van der Waals surface area contributed by atoms with Gasteiger partial charge in [-0.3, -0.25) is 9.59 Å². The van der Waals surface area contributed by atoms with Gasteiger partial charge in [0, 0.05) is 5.69 Å². The molecule has 0 spiro atoms. The molecule has 0 aliphatic heterocycles. The topological polar surface area (TPSA) is 99.0 Å². The van der Waals surface area contributed by atoms with Crippen molar-refractivity contribution in [1.29, 1.82) is 0 Å². The maximum absolute atomic E-state index is 11.8. The van der Waals surface area contributed by atoms with E-state index in [0.717, 1.165) is 0 Å². The molecule has 8 nitrogen and oxygen atoms in total. The van der Waals surface area contributed by atoms with Gasteiger partial charge in [-0.1, -0.05) is 18.2 Å². The molecule has 0 aliphatic rings. The first kappa shape index (κ1) is 13.7. The number of ether oxygens (including phenoxy) is 1. The smallest absolute Gasteiger partial charge is 0.328 e. The normalized spacial score (nSPS) is 11.7. The minimum Gasteiger partial charge on any atom is -0.451 e. The van der Waals surface area contributed by atoms with Gasteiger partial charge in [0.25, 0.3) is 5.91 Å². The fourth-order valence-electron chi connectivity index (χ4n) is 1.44. The highest BCUT2D eigenvalue weighted by Crippen LogP contribution is 2.06. The van der Waals surface area contributed by atoms with E-state index in [1.165, 1.54) is 17.9 Å². The highest BCUT2D eigenvalue weighted by Gasteiger charge is 2.18. The van der Waals surface area contributed by atoms with Crippen molar-refractivity contribution in [3.8, 4) is 0 Å². The van der Waals surface area contributed by atoms with Crippen LogP contribution in [0.3, 0.4) is 0 Å². The molecule has 1 heterocycles. The molecule has 0 fully saturated rings. The van der Waals surface area contributed by atoms with Crippen molar-refractivity contribution < 1.29 is 14.3 Å². The molecule has 0 radical (unpaired) electrons. The Kier molecular flexibility index (Phi) is 4.38. The number of rotatable bonds is 5. The number of carbonyl (C=O) groups excluding carboxylic acids is 2. The number of carbonyl (C=O) groups is 2. The quantitative estimate of drug-likeness (QED) is 0.785. The molecule has 1 amide bonds. The van der Waals surface area contributed by atoms with Crippen LogP contribution < -0.4 is 5.32 Å². The zero-order valence-electron chi connectivity index (χ0n) is 10.8. The Morgan fingerprint density at radius 1 is 1.35 bits per heavy atom. The number of aromatic nitrogens is 4. The van der Waals surface area contributed by atoms with Crippen molar-refractivity contribution in [2.75, 3.05) is 5.32 Å². The number of anilines is 1. The Hall–Kier alpha value is -2.77. The van der Waals surface area contributed by atoms with Crippen LogP contribution in [0.25, 0.3) is 0 Å². The first-order chi connectivity index (χ1) is 9.65. The highest BCUT2D eigenvalue weighted by molar-refractivity contribution is 5.94. The lowest BCUT2D eigenvalue weighted by Crippen LogP contribution is -2.31. The van der Waals surface area contributed by atoms with Gasteiger partial charge in [0.05, 0.1) is 0 Å². The molecule has 1 atom stereocenters. The van der Waals surface area contributed by atoms with Gasteiger partial charge in [-0.05, 0) is 29.5 Å². The molecule has 0 saturated carbocycles. The lowest BCUT2D eigenvalue weighted by atomic mass is 10.3. The number of benzene rings is 1. The van der Waals surface area contributed by atoms with Gasteiger partial charge in [0.2, 0.25) is 0 Å². The molecule has 0 unspecified atom stereocenters. The number of amides is 1. The van der Waals surface area contributed by atoms with Gasteiger partial charge in [0.1, 0.15) is 12.9 Å². The third kappa shape index (κ3) is 3.87. The van der Waals surface area contributed by atoms with Crippen molar-refractivity contribution in [3.05, 3.63) is 36.7 Å². The second-order valence-corrected chi connectivity index (χ2v) is 3.99. The molecule has 0 bridgehead atoms. The molecule has 20 heavy (non-hydrogen) atoms. The van der Waals surface area contributed by atoms with E-state index in [1.807, 2.05) is 6.07 Å². The number of hydrogen-bond acceptors (Lipinski definition) is 6. The van der Waals surface area contributed by atoms with Crippen LogP contribution in [0.2, 0.25) is 0 Å². The average molecular weight is 275 g/mol. The summed E-state index contributed by atoms with van der Waals surface area (Å²) in [6.45, 7) is 1.35. The zero-order valence-corrected chi connectivity index (χ0v) is 10.8. The van der Waals surface area contributed by atoms with E-state index in [-0.39, 0.29) is 6.54 Å². The van der Waals surface area contributed by atoms with Crippen molar-refractivity contribution in [2.45, 2.75) is 19.6 Å². The first-order valence-electron chi connectivity index (χ1n) is 5.91. The summed E-state index contributed by atoms with van der Waals surface area (Å²) in [5.41, 5.74) is 0.640. The zero-order chi connectivity index (χ0) is 14.4. The summed E-state index contributed by atoms with van der Waals surface area (Å²) < 4.78 is 6.20. The Morgan fingerprint density at radius 3 is 2.75 bits per heavy atom. The summed E-state index contributed by atoms with van der Waals surface area (Å²) in [5, 5.41) is 13.0.